The molecule has 0 saturated carbocycles. The van der Waals surface area contributed by atoms with Crippen molar-refractivity contribution in [2.45, 2.75) is 50.4 Å². The topological polar surface area (TPSA) is 61.4 Å². The van der Waals surface area contributed by atoms with Gasteiger partial charge in [-0.25, -0.2) is 0 Å². The van der Waals surface area contributed by atoms with E-state index in [4.69, 9.17) is 23.2 Å². The van der Waals surface area contributed by atoms with E-state index in [9.17, 15) is 9.59 Å². The smallest absolute Gasteiger partial charge is 0.251 e. The molecular formula is C23H25Cl2N3O2. The van der Waals surface area contributed by atoms with Gasteiger partial charge in [0.15, 0.2) is 0 Å². The quantitative estimate of drug-likeness (QED) is 0.705. The first-order valence-corrected chi connectivity index (χ1v) is 11.1. The summed E-state index contributed by atoms with van der Waals surface area (Å²) in [6.07, 6.45) is 4.21. The first-order valence-electron chi connectivity index (χ1n) is 10.3. The van der Waals surface area contributed by atoms with Crippen LogP contribution in [-0.4, -0.2) is 41.4 Å². The maximum absolute atomic E-state index is 12.4. The molecule has 0 radical (unpaired) electrons. The van der Waals surface area contributed by atoms with Gasteiger partial charge in [0, 0.05) is 40.3 Å². The molecule has 5 nitrogen and oxygen atoms in total. The predicted molar refractivity (Wildman–Crippen MR) is 119 cm³/mol. The summed E-state index contributed by atoms with van der Waals surface area (Å²) in [6, 6.07) is 15.8. The van der Waals surface area contributed by atoms with Gasteiger partial charge in [0.25, 0.3) is 5.91 Å². The number of benzene rings is 2. The number of hydrogen-bond acceptors (Lipinski definition) is 3. The fraction of sp³-hybridized carbons (Fsp3) is 0.391. The van der Waals surface area contributed by atoms with Crippen LogP contribution in [0.5, 0.6) is 0 Å². The highest BCUT2D eigenvalue weighted by Gasteiger charge is 2.40. The van der Waals surface area contributed by atoms with Gasteiger partial charge >= 0.3 is 0 Å². The van der Waals surface area contributed by atoms with Crippen molar-refractivity contribution in [2.75, 3.05) is 6.54 Å². The zero-order valence-electron chi connectivity index (χ0n) is 16.6. The van der Waals surface area contributed by atoms with E-state index in [1.807, 2.05) is 12.1 Å². The standard InChI is InChI=1S/C23H25Cl2N3O2/c24-17-6-4-15(5-7-17)14-28-20-8-9-21(28)12-19(11-20)27-22(29)13-26-23(30)16-2-1-3-18(25)10-16/h1-7,10,19-21H,8-9,11-14H2,(H,26,30)(H,27,29)/t19?,20-,21+. The first-order chi connectivity index (χ1) is 14.5. The SMILES string of the molecule is O=C(CNC(=O)c1cccc(Cl)c1)NC1C[C@H]2CC[C@@H](C1)N2Cc1ccc(Cl)cc1. The predicted octanol–water partition coefficient (Wildman–Crippen LogP) is 4.04. The lowest BCUT2D eigenvalue weighted by Gasteiger charge is -2.39. The third kappa shape index (κ3) is 5.15. The normalized spacial score (nSPS) is 23.2. The first kappa shape index (κ1) is 21.2. The number of hydrogen-bond donors (Lipinski definition) is 2. The van der Waals surface area contributed by atoms with Crippen LogP contribution in [0.2, 0.25) is 10.0 Å². The van der Waals surface area contributed by atoms with Gasteiger partial charge in [0.1, 0.15) is 0 Å². The largest absolute Gasteiger partial charge is 0.352 e. The van der Waals surface area contributed by atoms with Crippen molar-refractivity contribution in [2.24, 2.45) is 0 Å². The van der Waals surface area contributed by atoms with Gasteiger partial charge in [-0.1, -0.05) is 41.4 Å². The molecule has 0 aromatic heterocycles. The van der Waals surface area contributed by atoms with Crippen LogP contribution in [0.25, 0.3) is 0 Å². The van der Waals surface area contributed by atoms with Gasteiger partial charge in [0.05, 0.1) is 6.54 Å². The number of carbonyl (C=O) groups is 2. The van der Waals surface area contributed by atoms with Gasteiger partial charge < -0.3 is 10.6 Å². The van der Waals surface area contributed by atoms with Crippen LogP contribution in [0.3, 0.4) is 0 Å². The number of fused-ring (bicyclic) bond motifs is 2. The molecule has 3 atom stereocenters. The third-order valence-electron chi connectivity index (χ3n) is 6.02. The zero-order chi connectivity index (χ0) is 21.1. The second kappa shape index (κ2) is 9.38. The Hall–Kier alpha value is -2.08. The fourth-order valence-corrected chi connectivity index (χ4v) is 4.94. The van der Waals surface area contributed by atoms with Crippen molar-refractivity contribution in [3.63, 3.8) is 0 Å². The average molecular weight is 446 g/mol. The molecule has 2 aromatic carbocycles. The number of rotatable bonds is 6. The molecule has 7 heteroatoms. The summed E-state index contributed by atoms with van der Waals surface area (Å²) < 4.78 is 0. The minimum atomic E-state index is -0.300. The lowest BCUT2D eigenvalue weighted by atomic mass is 9.96. The molecule has 1 unspecified atom stereocenters. The van der Waals surface area contributed by atoms with E-state index in [-0.39, 0.29) is 24.4 Å². The van der Waals surface area contributed by atoms with E-state index in [0.29, 0.717) is 22.7 Å². The second-order valence-electron chi connectivity index (χ2n) is 8.11. The maximum Gasteiger partial charge on any atom is 0.251 e. The minimum absolute atomic E-state index is 0.0360. The van der Waals surface area contributed by atoms with Crippen LogP contribution < -0.4 is 10.6 Å². The molecule has 2 aromatic rings. The molecule has 0 spiro atoms. The molecule has 4 rings (SSSR count). The van der Waals surface area contributed by atoms with E-state index >= 15 is 0 Å². The van der Waals surface area contributed by atoms with Gasteiger partial charge in [-0.3, -0.25) is 14.5 Å². The molecule has 2 amide bonds. The van der Waals surface area contributed by atoms with Crippen LogP contribution in [0.1, 0.15) is 41.6 Å². The van der Waals surface area contributed by atoms with E-state index < -0.39 is 0 Å². The molecule has 158 valence electrons. The zero-order valence-corrected chi connectivity index (χ0v) is 18.1. The molecule has 2 aliphatic heterocycles. The Morgan fingerprint density at radius 3 is 2.33 bits per heavy atom. The lowest BCUT2D eigenvalue weighted by Crippen LogP contribution is -2.51. The number of amides is 2. The van der Waals surface area contributed by atoms with Gasteiger partial charge in [-0.2, -0.15) is 0 Å². The summed E-state index contributed by atoms with van der Waals surface area (Å²) in [5, 5.41) is 7.02. The molecule has 0 aliphatic carbocycles. The van der Waals surface area contributed by atoms with Crippen LogP contribution in [0, 0.1) is 0 Å². The van der Waals surface area contributed by atoms with E-state index in [1.165, 1.54) is 5.56 Å². The third-order valence-corrected chi connectivity index (χ3v) is 6.51. The average Bonchev–Trinajstić information content (AvgIpc) is 2.95. The van der Waals surface area contributed by atoms with Crippen molar-refractivity contribution >= 4 is 35.0 Å². The molecule has 30 heavy (non-hydrogen) atoms. The summed E-state index contributed by atoms with van der Waals surface area (Å²) in [5.41, 5.74) is 1.71. The molecular weight excluding hydrogens is 421 g/mol. The van der Waals surface area contributed by atoms with Crippen LogP contribution in [0.4, 0.5) is 0 Å². The van der Waals surface area contributed by atoms with Crippen LogP contribution >= 0.6 is 23.2 Å². The Bertz CT molecular complexity index is 905. The number of piperidine rings is 1. The second-order valence-corrected chi connectivity index (χ2v) is 8.99. The van der Waals surface area contributed by atoms with Gasteiger partial charge in [-0.05, 0) is 61.6 Å². The number of halogens is 2. The molecule has 2 saturated heterocycles. The number of carbonyl (C=O) groups excluding carboxylic acids is 2. The molecule has 2 fully saturated rings. The summed E-state index contributed by atoms with van der Waals surface area (Å²) in [7, 11) is 0. The summed E-state index contributed by atoms with van der Waals surface area (Å²) in [4.78, 5) is 27.1. The highest BCUT2D eigenvalue weighted by Crippen LogP contribution is 2.36. The number of nitrogens with one attached hydrogen (secondary N) is 2. The van der Waals surface area contributed by atoms with Crippen molar-refractivity contribution in [3.05, 3.63) is 69.7 Å². The maximum atomic E-state index is 12.4. The molecule has 2 bridgehead atoms. The Kier molecular flexibility index (Phi) is 6.61. The lowest BCUT2D eigenvalue weighted by molar-refractivity contribution is -0.121. The monoisotopic (exact) mass is 445 g/mol. The Labute approximate surface area is 186 Å². The Morgan fingerprint density at radius 1 is 0.967 bits per heavy atom. The Balaban J connectivity index is 1.26. The number of nitrogens with zero attached hydrogens (tertiary/aromatic N) is 1. The van der Waals surface area contributed by atoms with Crippen molar-refractivity contribution in [1.29, 1.82) is 0 Å². The summed E-state index contributed by atoms with van der Waals surface area (Å²) in [5.74, 6) is -0.452. The summed E-state index contributed by atoms with van der Waals surface area (Å²) >= 11 is 11.9. The van der Waals surface area contributed by atoms with Crippen molar-refractivity contribution in [3.8, 4) is 0 Å². The van der Waals surface area contributed by atoms with E-state index in [0.717, 1.165) is 37.3 Å². The highest BCUT2D eigenvalue weighted by atomic mass is 35.5. The highest BCUT2D eigenvalue weighted by molar-refractivity contribution is 6.31. The molecule has 2 aliphatic rings. The fourth-order valence-electron chi connectivity index (χ4n) is 4.62. The molecule has 2 heterocycles. The van der Waals surface area contributed by atoms with Crippen LogP contribution in [-0.2, 0) is 11.3 Å². The van der Waals surface area contributed by atoms with Crippen LogP contribution in [0.15, 0.2) is 48.5 Å². The van der Waals surface area contributed by atoms with E-state index in [2.05, 4.69) is 27.7 Å². The summed E-state index contributed by atoms with van der Waals surface area (Å²) in [6.45, 7) is 0.883. The molecule has 2 N–H and O–H groups in total. The van der Waals surface area contributed by atoms with Crippen molar-refractivity contribution in [1.82, 2.24) is 15.5 Å². The van der Waals surface area contributed by atoms with Gasteiger partial charge in [0.2, 0.25) is 5.91 Å². The van der Waals surface area contributed by atoms with Gasteiger partial charge in [-0.15, -0.1) is 0 Å². The van der Waals surface area contributed by atoms with Crippen molar-refractivity contribution < 1.29 is 9.59 Å². The van der Waals surface area contributed by atoms with E-state index in [1.54, 1.807) is 24.3 Å². The minimum Gasteiger partial charge on any atom is -0.352 e. The Morgan fingerprint density at radius 2 is 1.67 bits per heavy atom.